The van der Waals surface area contributed by atoms with Gasteiger partial charge in [-0.15, -0.1) is 0 Å². The van der Waals surface area contributed by atoms with Crippen LogP contribution in [0.4, 0.5) is 0 Å². The molecule has 7 rings (SSSR count). The molecule has 0 aliphatic heterocycles. The first-order valence-corrected chi connectivity index (χ1v) is 16.9. The molecule has 0 saturated carbocycles. The molecule has 2 heteroatoms. The van der Waals surface area contributed by atoms with Gasteiger partial charge in [-0.2, -0.15) is 0 Å². The molecule has 0 aliphatic rings. The number of pyridine rings is 2. The molecule has 0 saturated heterocycles. The van der Waals surface area contributed by atoms with Crippen molar-refractivity contribution in [2.24, 2.45) is 0 Å². The van der Waals surface area contributed by atoms with E-state index < -0.39 is 0 Å². The summed E-state index contributed by atoms with van der Waals surface area (Å²) < 4.78 is 0. The van der Waals surface area contributed by atoms with Crippen molar-refractivity contribution in [2.75, 3.05) is 0 Å². The zero-order chi connectivity index (χ0) is 34.5. The molecule has 0 aliphatic carbocycles. The summed E-state index contributed by atoms with van der Waals surface area (Å²) in [5.41, 5.74) is 15.6. The minimum absolute atomic E-state index is 0.954. The quantitative estimate of drug-likeness (QED) is 0.157. The lowest BCUT2D eigenvalue weighted by molar-refractivity contribution is 1.30. The van der Waals surface area contributed by atoms with Crippen LogP contribution in [-0.2, 0) is 0 Å². The maximum absolute atomic E-state index is 4.71. The number of hydrogen-bond acceptors (Lipinski definition) is 2. The molecule has 0 N–H and O–H groups in total. The Balaban J connectivity index is 1.29. The summed E-state index contributed by atoms with van der Waals surface area (Å²) in [6, 6.07) is 43.3. The minimum Gasteiger partial charge on any atom is -0.263 e. The Labute approximate surface area is 295 Å². The highest BCUT2D eigenvalue weighted by Gasteiger charge is 2.14. The fraction of sp³-hybridized carbons (Fsp3) is 0.0417. The summed E-state index contributed by atoms with van der Waals surface area (Å²) in [6.45, 7) is 12.2. The largest absolute Gasteiger partial charge is 0.263 e. The number of hydrogen-bond donors (Lipinski definition) is 0. The summed E-state index contributed by atoms with van der Waals surface area (Å²) in [5.74, 6) is 0. The van der Waals surface area contributed by atoms with Crippen molar-refractivity contribution in [3.05, 3.63) is 193 Å². The summed E-state index contributed by atoms with van der Waals surface area (Å²) in [5, 5.41) is 2.31. The van der Waals surface area contributed by atoms with Gasteiger partial charge in [0.25, 0.3) is 0 Å². The van der Waals surface area contributed by atoms with Crippen LogP contribution in [0.3, 0.4) is 0 Å². The molecule has 0 bridgehead atoms. The fourth-order valence-electron chi connectivity index (χ4n) is 6.76. The zero-order valence-corrected chi connectivity index (χ0v) is 28.5. The Hall–Kier alpha value is -6.38. The molecule has 2 aromatic heterocycles. The predicted molar refractivity (Wildman–Crippen MR) is 215 cm³/mol. The van der Waals surface area contributed by atoms with E-state index in [-0.39, 0.29) is 0 Å². The average molecular weight is 643 g/mol. The second kappa shape index (κ2) is 14.4. The molecule has 240 valence electrons. The molecular weight excluding hydrogens is 605 g/mol. The Morgan fingerprint density at radius 3 is 1.94 bits per heavy atom. The Morgan fingerprint density at radius 2 is 1.24 bits per heavy atom. The average Bonchev–Trinajstić information content (AvgIpc) is 3.18. The highest BCUT2D eigenvalue weighted by molar-refractivity contribution is 5.98. The topological polar surface area (TPSA) is 25.8 Å². The van der Waals surface area contributed by atoms with E-state index in [2.05, 4.69) is 152 Å². The first kappa shape index (κ1) is 32.2. The third-order valence-electron chi connectivity index (χ3n) is 9.27. The summed E-state index contributed by atoms with van der Waals surface area (Å²) in [6.07, 6.45) is 15.9. The van der Waals surface area contributed by atoms with Gasteiger partial charge in [0.15, 0.2) is 0 Å². The van der Waals surface area contributed by atoms with Crippen LogP contribution in [-0.4, -0.2) is 9.97 Å². The summed E-state index contributed by atoms with van der Waals surface area (Å²) >= 11 is 0. The van der Waals surface area contributed by atoms with Crippen LogP contribution in [0.5, 0.6) is 0 Å². The van der Waals surface area contributed by atoms with Crippen LogP contribution in [0.25, 0.3) is 79.2 Å². The fourth-order valence-corrected chi connectivity index (χ4v) is 6.76. The van der Waals surface area contributed by atoms with Gasteiger partial charge < -0.3 is 0 Å². The van der Waals surface area contributed by atoms with Crippen molar-refractivity contribution in [1.82, 2.24) is 9.97 Å². The number of benzene rings is 5. The van der Waals surface area contributed by atoms with E-state index in [0.717, 1.165) is 77.8 Å². The van der Waals surface area contributed by atoms with Gasteiger partial charge in [-0.05, 0) is 99.1 Å². The van der Waals surface area contributed by atoms with Gasteiger partial charge >= 0.3 is 0 Å². The third-order valence-corrected chi connectivity index (χ3v) is 9.27. The Kier molecular flexibility index (Phi) is 9.26. The lowest BCUT2D eigenvalue weighted by atomic mass is 9.88. The molecule has 0 radical (unpaired) electrons. The number of nitrogens with zero attached hydrogens (tertiary/aromatic N) is 2. The Morgan fingerprint density at radius 1 is 0.600 bits per heavy atom. The molecule has 2 heterocycles. The van der Waals surface area contributed by atoms with Gasteiger partial charge in [0.05, 0.1) is 5.69 Å². The molecule has 5 aromatic carbocycles. The van der Waals surface area contributed by atoms with Gasteiger partial charge in [0.2, 0.25) is 0 Å². The molecule has 0 unspecified atom stereocenters. The van der Waals surface area contributed by atoms with Crippen LogP contribution in [0.15, 0.2) is 165 Å². The van der Waals surface area contributed by atoms with E-state index in [0.29, 0.717) is 0 Å². The number of allylic oxidation sites excluding steroid dienone is 2. The standard InChI is InChI=1S/C48H38N2/c1-5-13-46-34(7-3)26-27-50-48(46)38-24-22-36(23-25-38)35-18-20-37(21-19-35)40-28-41(43(8-4)44-16-11-9-14-33(44)6-2)30-42(29-40)47-32-49-31-39-15-10-12-17-45(39)47/h5-32H,2-3H2,1,4H3/b13-5-,43-8-. The molecule has 2 nitrogen and oxygen atoms in total. The van der Waals surface area contributed by atoms with Crippen molar-refractivity contribution < 1.29 is 0 Å². The van der Waals surface area contributed by atoms with E-state index in [1.165, 1.54) is 11.0 Å². The van der Waals surface area contributed by atoms with Crippen molar-refractivity contribution in [3.63, 3.8) is 0 Å². The maximum atomic E-state index is 4.71. The lowest BCUT2D eigenvalue weighted by Crippen LogP contribution is -1.94. The van der Waals surface area contributed by atoms with E-state index in [9.17, 15) is 0 Å². The van der Waals surface area contributed by atoms with Gasteiger partial charge in [-0.1, -0.05) is 141 Å². The minimum atomic E-state index is 0.954. The first-order chi connectivity index (χ1) is 24.6. The molecule has 0 spiro atoms. The van der Waals surface area contributed by atoms with E-state index >= 15 is 0 Å². The first-order valence-electron chi connectivity index (χ1n) is 16.9. The van der Waals surface area contributed by atoms with Crippen LogP contribution in [0.1, 0.15) is 41.7 Å². The van der Waals surface area contributed by atoms with Crippen molar-refractivity contribution >= 4 is 34.6 Å². The van der Waals surface area contributed by atoms with Crippen LogP contribution < -0.4 is 0 Å². The van der Waals surface area contributed by atoms with Crippen LogP contribution in [0.2, 0.25) is 0 Å². The second-order valence-corrected chi connectivity index (χ2v) is 12.2. The lowest BCUT2D eigenvalue weighted by Gasteiger charge is -2.16. The molecule has 0 fully saturated rings. The third kappa shape index (κ3) is 6.27. The van der Waals surface area contributed by atoms with Crippen molar-refractivity contribution in [1.29, 1.82) is 0 Å². The van der Waals surface area contributed by atoms with E-state index in [1.807, 2.05) is 49.8 Å². The van der Waals surface area contributed by atoms with Crippen LogP contribution in [0, 0.1) is 0 Å². The summed E-state index contributed by atoms with van der Waals surface area (Å²) in [7, 11) is 0. The molecular formula is C48H38N2. The SMILES string of the molecule is C=Cc1ccccc1/C(=C\C)c1cc(-c2ccc(-c3ccc(-c4nccc(C=C)c4/C=C\C)cc3)cc2)cc(-c2cncc3ccccc23)c1. The van der Waals surface area contributed by atoms with E-state index in [1.54, 1.807) is 0 Å². The number of aromatic nitrogens is 2. The smallest absolute Gasteiger partial charge is 0.0780 e. The highest BCUT2D eigenvalue weighted by Crippen LogP contribution is 2.37. The predicted octanol–water partition coefficient (Wildman–Crippen LogP) is 13.1. The number of rotatable bonds is 9. The van der Waals surface area contributed by atoms with Gasteiger partial charge in [-0.3, -0.25) is 9.97 Å². The zero-order valence-electron chi connectivity index (χ0n) is 28.5. The molecule has 50 heavy (non-hydrogen) atoms. The number of fused-ring (bicyclic) bond motifs is 1. The van der Waals surface area contributed by atoms with Gasteiger partial charge in [0.1, 0.15) is 0 Å². The molecule has 0 amide bonds. The van der Waals surface area contributed by atoms with Gasteiger partial charge in [0, 0.05) is 40.7 Å². The van der Waals surface area contributed by atoms with E-state index in [4.69, 9.17) is 4.98 Å². The summed E-state index contributed by atoms with van der Waals surface area (Å²) in [4.78, 5) is 9.34. The molecule has 0 atom stereocenters. The monoisotopic (exact) mass is 642 g/mol. The van der Waals surface area contributed by atoms with Gasteiger partial charge in [-0.25, -0.2) is 0 Å². The highest BCUT2D eigenvalue weighted by atomic mass is 14.7. The van der Waals surface area contributed by atoms with Crippen molar-refractivity contribution in [3.8, 4) is 44.6 Å². The Bertz CT molecular complexity index is 2400. The maximum Gasteiger partial charge on any atom is 0.0780 e. The van der Waals surface area contributed by atoms with Crippen molar-refractivity contribution in [2.45, 2.75) is 13.8 Å². The van der Waals surface area contributed by atoms with Crippen LogP contribution >= 0.6 is 0 Å². The molecule has 7 aromatic rings. The normalized spacial score (nSPS) is 11.6. The second-order valence-electron chi connectivity index (χ2n) is 12.2.